The fourth-order valence-corrected chi connectivity index (χ4v) is 1.84. The van der Waals surface area contributed by atoms with Crippen molar-refractivity contribution in [1.82, 2.24) is 9.97 Å². The highest BCUT2D eigenvalue weighted by atomic mass is 15.2. The maximum atomic E-state index is 5.93. The average molecular weight is 264 g/mol. The summed E-state index contributed by atoms with van der Waals surface area (Å²) in [7, 11) is 0. The Morgan fingerprint density at radius 2 is 1.89 bits per heavy atom. The number of aromatic nitrogens is 2. The highest BCUT2D eigenvalue weighted by Gasteiger charge is 2.20. The van der Waals surface area contributed by atoms with Gasteiger partial charge in [-0.2, -0.15) is 0 Å². The Balaban J connectivity index is 3.07. The van der Waals surface area contributed by atoms with Crippen molar-refractivity contribution in [3.63, 3.8) is 0 Å². The van der Waals surface area contributed by atoms with Gasteiger partial charge < -0.3 is 10.6 Å². The lowest BCUT2D eigenvalue weighted by molar-refractivity contribution is 0.531. The summed E-state index contributed by atoms with van der Waals surface area (Å²) in [5, 5.41) is 0. The molecule has 0 aliphatic heterocycles. The molecule has 4 heteroatoms. The Bertz CT molecular complexity index is 409. The van der Waals surface area contributed by atoms with E-state index in [-0.39, 0.29) is 5.41 Å². The maximum absolute atomic E-state index is 5.93. The topological polar surface area (TPSA) is 55.0 Å². The van der Waals surface area contributed by atoms with Crippen LogP contribution in [0.2, 0.25) is 0 Å². The van der Waals surface area contributed by atoms with Crippen LogP contribution in [0.5, 0.6) is 0 Å². The zero-order valence-electron chi connectivity index (χ0n) is 13.2. The minimum Gasteiger partial charge on any atom is -0.384 e. The fraction of sp³-hybridized carbons (Fsp3) is 0.733. The molecular weight excluding hydrogens is 236 g/mol. The standard InChI is InChI=1S/C15H28N4/c1-7-11(3)10-19(8-2)13-9-12(16)17-14(18-13)15(4,5)6/h9,11H,7-8,10H2,1-6H3,(H2,16,17,18). The number of hydrogen-bond acceptors (Lipinski definition) is 4. The Morgan fingerprint density at radius 3 is 2.37 bits per heavy atom. The van der Waals surface area contributed by atoms with Crippen LogP contribution in [0, 0.1) is 5.92 Å². The van der Waals surface area contributed by atoms with Crippen molar-refractivity contribution in [2.45, 2.75) is 53.4 Å². The second-order valence-corrected chi connectivity index (χ2v) is 6.28. The first-order valence-corrected chi connectivity index (χ1v) is 7.17. The van der Waals surface area contributed by atoms with Crippen LogP contribution in [0.25, 0.3) is 0 Å². The fourth-order valence-electron chi connectivity index (χ4n) is 1.84. The average Bonchev–Trinajstić information content (AvgIpc) is 2.33. The van der Waals surface area contributed by atoms with E-state index in [9.17, 15) is 0 Å². The van der Waals surface area contributed by atoms with Gasteiger partial charge in [0.1, 0.15) is 17.5 Å². The number of anilines is 2. The van der Waals surface area contributed by atoms with Crippen molar-refractivity contribution in [2.75, 3.05) is 23.7 Å². The van der Waals surface area contributed by atoms with Crippen LogP contribution < -0.4 is 10.6 Å². The summed E-state index contributed by atoms with van der Waals surface area (Å²) < 4.78 is 0. The van der Waals surface area contributed by atoms with Gasteiger partial charge in [-0.3, -0.25) is 0 Å². The third-order valence-electron chi connectivity index (χ3n) is 3.34. The normalized spacial score (nSPS) is 13.4. The van der Waals surface area contributed by atoms with Crippen molar-refractivity contribution >= 4 is 11.6 Å². The molecule has 0 saturated heterocycles. The van der Waals surface area contributed by atoms with E-state index >= 15 is 0 Å². The Kier molecular flexibility index (Phi) is 5.15. The molecule has 0 aromatic carbocycles. The van der Waals surface area contributed by atoms with Gasteiger partial charge in [-0.25, -0.2) is 9.97 Å². The van der Waals surface area contributed by atoms with Gasteiger partial charge in [0.2, 0.25) is 0 Å². The van der Waals surface area contributed by atoms with Gasteiger partial charge >= 0.3 is 0 Å². The summed E-state index contributed by atoms with van der Waals surface area (Å²) in [5.41, 5.74) is 5.85. The quantitative estimate of drug-likeness (QED) is 0.887. The number of hydrogen-bond donors (Lipinski definition) is 1. The van der Waals surface area contributed by atoms with Crippen LogP contribution in [-0.4, -0.2) is 23.1 Å². The van der Waals surface area contributed by atoms with Crippen LogP contribution in [0.15, 0.2) is 6.07 Å². The molecule has 0 radical (unpaired) electrons. The lowest BCUT2D eigenvalue weighted by atomic mass is 9.96. The molecule has 1 aromatic heterocycles. The van der Waals surface area contributed by atoms with Gasteiger partial charge in [0.05, 0.1) is 0 Å². The molecule has 19 heavy (non-hydrogen) atoms. The van der Waals surface area contributed by atoms with Crippen LogP contribution in [0.4, 0.5) is 11.6 Å². The molecule has 0 fully saturated rings. The second kappa shape index (κ2) is 6.22. The van der Waals surface area contributed by atoms with E-state index in [0.717, 1.165) is 24.7 Å². The smallest absolute Gasteiger partial charge is 0.138 e. The first kappa shape index (κ1) is 15.7. The zero-order chi connectivity index (χ0) is 14.6. The molecule has 0 aliphatic carbocycles. The molecule has 1 atom stereocenters. The van der Waals surface area contributed by atoms with Gasteiger partial charge in [-0.1, -0.05) is 41.0 Å². The SMILES string of the molecule is CCC(C)CN(CC)c1cc(N)nc(C(C)(C)C)n1. The van der Waals surface area contributed by atoms with E-state index < -0.39 is 0 Å². The molecule has 4 nitrogen and oxygen atoms in total. The van der Waals surface area contributed by atoms with Crippen molar-refractivity contribution in [3.8, 4) is 0 Å². The van der Waals surface area contributed by atoms with Gasteiger partial charge in [0.25, 0.3) is 0 Å². The third kappa shape index (κ3) is 4.37. The van der Waals surface area contributed by atoms with Crippen LogP contribution >= 0.6 is 0 Å². The Morgan fingerprint density at radius 1 is 1.26 bits per heavy atom. The maximum Gasteiger partial charge on any atom is 0.138 e. The predicted molar refractivity (Wildman–Crippen MR) is 82.5 cm³/mol. The summed E-state index contributed by atoms with van der Waals surface area (Å²) in [6.45, 7) is 14.9. The molecule has 1 aromatic rings. The molecule has 1 heterocycles. The predicted octanol–water partition coefficient (Wildman–Crippen LogP) is 3.23. The molecule has 0 saturated carbocycles. The first-order valence-electron chi connectivity index (χ1n) is 7.17. The van der Waals surface area contributed by atoms with E-state index in [2.05, 4.69) is 51.4 Å². The molecule has 1 rings (SSSR count). The van der Waals surface area contributed by atoms with Crippen molar-refractivity contribution in [1.29, 1.82) is 0 Å². The molecule has 0 amide bonds. The second-order valence-electron chi connectivity index (χ2n) is 6.28. The van der Waals surface area contributed by atoms with Gasteiger partial charge in [-0.15, -0.1) is 0 Å². The van der Waals surface area contributed by atoms with Crippen molar-refractivity contribution in [2.24, 2.45) is 5.92 Å². The molecule has 2 N–H and O–H groups in total. The van der Waals surface area contributed by atoms with E-state index in [0.29, 0.717) is 11.7 Å². The van der Waals surface area contributed by atoms with Crippen LogP contribution in [0.1, 0.15) is 53.8 Å². The molecule has 0 bridgehead atoms. The summed E-state index contributed by atoms with van der Waals surface area (Å²) in [4.78, 5) is 11.3. The highest BCUT2D eigenvalue weighted by molar-refractivity contribution is 5.47. The lowest BCUT2D eigenvalue weighted by Crippen LogP contribution is -2.30. The number of nitrogens with two attached hydrogens (primary N) is 1. The van der Waals surface area contributed by atoms with Crippen molar-refractivity contribution < 1.29 is 0 Å². The minimum absolute atomic E-state index is 0.0834. The van der Waals surface area contributed by atoms with E-state index in [4.69, 9.17) is 10.7 Å². The molecule has 0 spiro atoms. The van der Waals surface area contributed by atoms with E-state index in [1.807, 2.05) is 6.07 Å². The molecule has 108 valence electrons. The number of rotatable bonds is 5. The van der Waals surface area contributed by atoms with Crippen LogP contribution in [-0.2, 0) is 5.41 Å². The highest BCUT2D eigenvalue weighted by Crippen LogP contribution is 2.23. The molecule has 0 aliphatic rings. The van der Waals surface area contributed by atoms with Crippen molar-refractivity contribution in [3.05, 3.63) is 11.9 Å². The largest absolute Gasteiger partial charge is 0.384 e. The summed E-state index contributed by atoms with van der Waals surface area (Å²) in [6.07, 6.45) is 1.17. The lowest BCUT2D eigenvalue weighted by Gasteiger charge is -2.27. The van der Waals surface area contributed by atoms with Gasteiger partial charge in [-0.05, 0) is 12.8 Å². The number of nitrogen functional groups attached to an aromatic ring is 1. The summed E-state index contributed by atoms with van der Waals surface area (Å²) >= 11 is 0. The van der Waals surface area contributed by atoms with E-state index in [1.54, 1.807) is 0 Å². The monoisotopic (exact) mass is 264 g/mol. The first-order chi connectivity index (χ1) is 8.77. The molecular formula is C15H28N4. The zero-order valence-corrected chi connectivity index (χ0v) is 13.2. The minimum atomic E-state index is -0.0834. The third-order valence-corrected chi connectivity index (χ3v) is 3.34. The van der Waals surface area contributed by atoms with Gasteiger partial charge in [0.15, 0.2) is 0 Å². The van der Waals surface area contributed by atoms with E-state index in [1.165, 1.54) is 6.42 Å². The number of nitrogens with zero attached hydrogens (tertiary/aromatic N) is 3. The Hall–Kier alpha value is -1.32. The summed E-state index contributed by atoms with van der Waals surface area (Å²) in [6, 6.07) is 1.88. The Labute approximate surface area is 117 Å². The molecule has 1 unspecified atom stereocenters. The summed E-state index contributed by atoms with van der Waals surface area (Å²) in [5.74, 6) is 2.96. The van der Waals surface area contributed by atoms with Crippen LogP contribution in [0.3, 0.4) is 0 Å². The van der Waals surface area contributed by atoms with Gasteiger partial charge in [0, 0.05) is 24.6 Å².